The van der Waals surface area contributed by atoms with Gasteiger partial charge in [0.2, 0.25) is 0 Å². The minimum Gasteiger partial charge on any atom is -0.306 e. The molecule has 1 nitrogen and oxygen atoms in total. The van der Waals surface area contributed by atoms with E-state index in [0.29, 0.717) is 0 Å². The molecule has 2 aromatic rings. The predicted molar refractivity (Wildman–Crippen MR) is 85.7 cm³/mol. The lowest BCUT2D eigenvalue weighted by atomic mass is 10.0. The summed E-state index contributed by atoms with van der Waals surface area (Å²) in [5, 5.41) is 4.33. The molecule has 4 heteroatoms. The van der Waals surface area contributed by atoms with Gasteiger partial charge in [0, 0.05) is 9.90 Å². The van der Waals surface area contributed by atoms with Crippen LogP contribution >= 0.6 is 34.5 Å². The van der Waals surface area contributed by atoms with Gasteiger partial charge >= 0.3 is 0 Å². The Labute approximate surface area is 128 Å². The average Bonchev–Trinajstić information content (AvgIpc) is 2.72. The molecule has 1 heterocycles. The molecule has 0 aliphatic carbocycles. The maximum atomic E-state index is 6.19. The van der Waals surface area contributed by atoms with Gasteiger partial charge in [0.25, 0.3) is 0 Å². The molecule has 1 aromatic heterocycles. The molecule has 0 aliphatic rings. The minimum atomic E-state index is 0.188. The maximum absolute atomic E-state index is 6.19. The van der Waals surface area contributed by atoms with Gasteiger partial charge < -0.3 is 5.32 Å². The molecule has 1 unspecified atom stereocenters. The molecule has 1 aromatic carbocycles. The summed E-state index contributed by atoms with van der Waals surface area (Å²) in [7, 11) is 0. The van der Waals surface area contributed by atoms with E-state index in [0.717, 1.165) is 27.9 Å². The summed E-state index contributed by atoms with van der Waals surface area (Å²) in [6.07, 6.45) is 1.10. The highest BCUT2D eigenvalue weighted by molar-refractivity contribution is 7.16. The molecule has 19 heavy (non-hydrogen) atoms. The van der Waals surface area contributed by atoms with Crippen molar-refractivity contribution in [3.05, 3.63) is 55.7 Å². The summed E-state index contributed by atoms with van der Waals surface area (Å²) < 4.78 is 0.868. The number of aryl methyl sites for hydroxylation is 1. The van der Waals surface area contributed by atoms with Crippen LogP contribution in [0.5, 0.6) is 0 Å². The fraction of sp³-hybridized carbons (Fsp3) is 0.333. The number of hydrogen-bond donors (Lipinski definition) is 1. The molecule has 0 radical (unpaired) electrons. The molecule has 0 aliphatic heterocycles. The molecule has 0 saturated carbocycles. The van der Waals surface area contributed by atoms with Crippen molar-refractivity contribution in [1.82, 2.24) is 5.32 Å². The topological polar surface area (TPSA) is 12.0 Å². The van der Waals surface area contributed by atoms with Gasteiger partial charge in [-0.25, -0.2) is 0 Å². The minimum absolute atomic E-state index is 0.188. The highest BCUT2D eigenvalue weighted by Crippen LogP contribution is 2.34. The smallest absolute Gasteiger partial charge is 0.0961 e. The lowest BCUT2D eigenvalue weighted by molar-refractivity contribution is 0.606. The van der Waals surface area contributed by atoms with Crippen molar-refractivity contribution in [3.8, 4) is 0 Å². The predicted octanol–water partition coefficient (Wildman–Crippen LogP) is 5.45. The molecule has 0 bridgehead atoms. The molecular weight excluding hydrogens is 297 g/mol. The highest BCUT2D eigenvalue weighted by atomic mass is 35.5. The Morgan fingerprint density at radius 1 is 1.21 bits per heavy atom. The van der Waals surface area contributed by atoms with Gasteiger partial charge in [0.05, 0.1) is 10.4 Å². The first-order chi connectivity index (χ1) is 9.11. The maximum Gasteiger partial charge on any atom is 0.0961 e. The van der Waals surface area contributed by atoms with Crippen LogP contribution in [-0.4, -0.2) is 6.54 Å². The second-order valence-corrected chi connectivity index (χ2v) is 6.67. The second kappa shape index (κ2) is 6.76. The van der Waals surface area contributed by atoms with Crippen LogP contribution in [0.15, 0.2) is 30.3 Å². The highest BCUT2D eigenvalue weighted by Gasteiger charge is 2.16. The van der Waals surface area contributed by atoms with Crippen molar-refractivity contribution in [3.63, 3.8) is 0 Å². The summed E-state index contributed by atoms with van der Waals surface area (Å²) >= 11 is 13.8. The number of nitrogens with one attached hydrogen (secondary N) is 1. The summed E-state index contributed by atoms with van der Waals surface area (Å²) in [5.74, 6) is 0. The van der Waals surface area contributed by atoms with Gasteiger partial charge in [-0.05, 0) is 49.2 Å². The van der Waals surface area contributed by atoms with Gasteiger partial charge in [-0.3, -0.25) is 0 Å². The quantitative estimate of drug-likeness (QED) is 0.773. The lowest BCUT2D eigenvalue weighted by Crippen LogP contribution is -2.22. The molecule has 102 valence electrons. The SMILES string of the molecule is CCCNC(c1ccc(Cl)cc1)c1cc(C)c(Cl)s1. The van der Waals surface area contributed by atoms with Gasteiger partial charge in [-0.15, -0.1) is 11.3 Å². The summed E-state index contributed by atoms with van der Waals surface area (Å²) in [5.41, 5.74) is 2.36. The van der Waals surface area contributed by atoms with Crippen molar-refractivity contribution in [2.45, 2.75) is 26.3 Å². The summed E-state index contributed by atoms with van der Waals surface area (Å²) in [4.78, 5) is 1.25. The van der Waals surface area contributed by atoms with Gasteiger partial charge in [0.1, 0.15) is 0 Å². The number of rotatable bonds is 5. The molecule has 0 amide bonds. The van der Waals surface area contributed by atoms with E-state index in [2.05, 4.69) is 30.4 Å². The molecule has 1 atom stereocenters. The lowest BCUT2D eigenvalue weighted by Gasteiger charge is -2.17. The van der Waals surface area contributed by atoms with Crippen molar-refractivity contribution < 1.29 is 0 Å². The van der Waals surface area contributed by atoms with E-state index in [4.69, 9.17) is 23.2 Å². The van der Waals surface area contributed by atoms with Gasteiger partial charge in [-0.1, -0.05) is 42.3 Å². The fourth-order valence-electron chi connectivity index (χ4n) is 1.95. The Bertz CT molecular complexity index is 514. The van der Waals surface area contributed by atoms with Crippen molar-refractivity contribution in [1.29, 1.82) is 0 Å². The van der Waals surface area contributed by atoms with E-state index >= 15 is 0 Å². The van der Waals surface area contributed by atoms with Gasteiger partial charge in [0.15, 0.2) is 0 Å². The average molecular weight is 314 g/mol. The monoisotopic (exact) mass is 313 g/mol. The van der Waals surface area contributed by atoms with Crippen LogP contribution in [0.25, 0.3) is 0 Å². The fourth-order valence-corrected chi connectivity index (χ4v) is 3.40. The molecule has 0 saturated heterocycles. The standard InChI is InChI=1S/C15H17Cl2NS/c1-3-8-18-14(11-4-6-12(16)7-5-11)13-9-10(2)15(17)19-13/h4-7,9,14,18H,3,8H2,1-2H3. The Morgan fingerprint density at radius 3 is 2.42 bits per heavy atom. The zero-order chi connectivity index (χ0) is 13.8. The van der Waals surface area contributed by atoms with Gasteiger partial charge in [-0.2, -0.15) is 0 Å². The Kier molecular flexibility index (Phi) is 5.28. The third kappa shape index (κ3) is 3.73. The van der Waals surface area contributed by atoms with E-state index in [1.807, 2.05) is 19.1 Å². The first-order valence-corrected chi connectivity index (χ1v) is 7.93. The summed E-state index contributed by atoms with van der Waals surface area (Å²) in [6.45, 7) is 5.18. The first kappa shape index (κ1) is 14.9. The van der Waals surface area contributed by atoms with E-state index < -0.39 is 0 Å². The zero-order valence-electron chi connectivity index (χ0n) is 11.0. The van der Waals surface area contributed by atoms with Crippen LogP contribution < -0.4 is 5.32 Å². The second-order valence-electron chi connectivity index (χ2n) is 4.54. The van der Waals surface area contributed by atoms with Crippen LogP contribution in [0.3, 0.4) is 0 Å². The molecule has 1 N–H and O–H groups in total. The van der Waals surface area contributed by atoms with E-state index in [1.165, 1.54) is 10.4 Å². The Balaban J connectivity index is 2.32. The number of thiophene rings is 1. The molecule has 2 rings (SSSR count). The number of hydrogen-bond acceptors (Lipinski definition) is 2. The van der Waals surface area contributed by atoms with Crippen LogP contribution in [0.2, 0.25) is 9.36 Å². The molecular formula is C15H17Cl2NS. The first-order valence-electron chi connectivity index (χ1n) is 6.36. The van der Waals surface area contributed by atoms with Crippen molar-refractivity contribution >= 4 is 34.5 Å². The third-order valence-electron chi connectivity index (χ3n) is 2.96. The molecule has 0 fully saturated rings. The third-order valence-corrected chi connectivity index (χ3v) is 4.83. The van der Waals surface area contributed by atoms with Crippen molar-refractivity contribution in [2.24, 2.45) is 0 Å². The Morgan fingerprint density at radius 2 is 1.89 bits per heavy atom. The molecule has 0 spiro atoms. The van der Waals surface area contributed by atoms with Crippen LogP contribution in [0.1, 0.15) is 35.4 Å². The number of halogens is 2. The van der Waals surface area contributed by atoms with E-state index in [1.54, 1.807) is 11.3 Å². The summed E-state index contributed by atoms with van der Waals surface area (Å²) in [6, 6.07) is 10.3. The zero-order valence-corrected chi connectivity index (χ0v) is 13.4. The van der Waals surface area contributed by atoms with Crippen LogP contribution in [0, 0.1) is 6.92 Å². The van der Waals surface area contributed by atoms with Crippen LogP contribution in [-0.2, 0) is 0 Å². The largest absolute Gasteiger partial charge is 0.306 e. The van der Waals surface area contributed by atoms with E-state index in [-0.39, 0.29) is 6.04 Å². The van der Waals surface area contributed by atoms with E-state index in [9.17, 15) is 0 Å². The number of benzene rings is 1. The Hall–Kier alpha value is -0.540. The normalized spacial score (nSPS) is 12.6. The van der Waals surface area contributed by atoms with Crippen molar-refractivity contribution in [2.75, 3.05) is 6.54 Å². The van der Waals surface area contributed by atoms with Crippen LogP contribution in [0.4, 0.5) is 0 Å².